The van der Waals surface area contributed by atoms with Crippen LogP contribution in [0.1, 0.15) is 66.1 Å². The molecule has 1 saturated carbocycles. The third-order valence-electron chi connectivity index (χ3n) is 8.18. The highest BCUT2D eigenvalue weighted by Gasteiger charge is 2.43. The molecule has 2 aromatic carbocycles. The Morgan fingerprint density at radius 3 is 2.61 bits per heavy atom. The number of alkyl halides is 2. The molecule has 8 nitrogen and oxygen atoms in total. The topological polar surface area (TPSA) is 97.9 Å². The van der Waals surface area contributed by atoms with Gasteiger partial charge in [0.25, 0.3) is 0 Å². The number of hydrogen-bond donors (Lipinski definition) is 1. The lowest BCUT2D eigenvalue weighted by Crippen LogP contribution is -2.45. The molecule has 0 spiro atoms. The molecule has 0 unspecified atom stereocenters. The normalized spacial score (nSPS) is 22.1. The van der Waals surface area contributed by atoms with Crippen LogP contribution in [0.2, 0.25) is 0 Å². The molecule has 1 aliphatic carbocycles. The first-order valence-electron chi connectivity index (χ1n) is 13.6. The maximum absolute atomic E-state index is 14.6. The van der Waals surface area contributed by atoms with Crippen LogP contribution in [0.5, 0.6) is 5.75 Å². The number of anilines is 1. The minimum atomic E-state index is -2.96. The van der Waals surface area contributed by atoms with Crippen molar-refractivity contribution in [1.82, 2.24) is 10.1 Å². The SMILES string of the molecule is O=C(O)c1cc(F)c2nc(N3[C@@H]4CC[C@H]3C[C@H](OCc3c(-c5ccccc5OC(F)F)noc3C3CC3)C4)sc2c1. The number of para-hydroxylation sites is 1. The number of aromatic nitrogens is 2. The number of nitrogens with zero attached hydrogens (tertiary/aromatic N) is 3. The van der Waals surface area contributed by atoms with Crippen LogP contribution < -0.4 is 9.64 Å². The highest BCUT2D eigenvalue weighted by atomic mass is 32.1. The summed E-state index contributed by atoms with van der Waals surface area (Å²) >= 11 is 1.31. The first-order chi connectivity index (χ1) is 19.9. The molecule has 2 aliphatic heterocycles. The van der Waals surface area contributed by atoms with E-state index in [1.54, 1.807) is 18.2 Å². The molecule has 7 rings (SSSR count). The Balaban J connectivity index is 1.10. The van der Waals surface area contributed by atoms with Gasteiger partial charge in [-0.25, -0.2) is 14.2 Å². The fourth-order valence-electron chi connectivity index (χ4n) is 6.19. The standard InChI is InChI=1S/C29H26F3N3O5S/c30-21-9-15(27(36)37)10-23-25(21)33-29(41-23)35-16-7-8-17(35)12-18(11-16)38-13-20-24(34-40-26(20)14-5-6-14)19-3-1-2-4-22(19)39-28(31)32/h1-4,9-10,14,16-18,28H,5-8,11-13H2,(H,36,37)/t16-,17+,18-. The second-order valence-corrected chi connectivity index (χ2v) is 11.8. The summed E-state index contributed by atoms with van der Waals surface area (Å²) in [6.07, 6.45) is 5.32. The van der Waals surface area contributed by atoms with Crippen LogP contribution in [0.25, 0.3) is 21.5 Å². The average Bonchev–Trinajstić information content (AvgIpc) is 3.45. The fourth-order valence-corrected chi connectivity index (χ4v) is 7.35. The molecule has 214 valence electrons. The molecule has 4 heterocycles. The fraction of sp³-hybridized carbons (Fsp3) is 0.414. The average molecular weight is 586 g/mol. The number of halogens is 3. The minimum Gasteiger partial charge on any atom is -0.478 e. The number of aromatic carboxylic acids is 1. The van der Waals surface area contributed by atoms with Crippen LogP contribution in [0.15, 0.2) is 40.9 Å². The monoisotopic (exact) mass is 585 g/mol. The maximum atomic E-state index is 14.6. The number of carbonyl (C=O) groups is 1. The number of thiazole rings is 1. The summed E-state index contributed by atoms with van der Waals surface area (Å²) in [7, 11) is 0. The summed E-state index contributed by atoms with van der Waals surface area (Å²) in [5.74, 6) is -0.788. The van der Waals surface area contributed by atoms with Crippen LogP contribution in [-0.4, -0.2) is 46.0 Å². The van der Waals surface area contributed by atoms with Gasteiger partial charge in [-0.15, -0.1) is 0 Å². The predicted molar refractivity (Wildman–Crippen MR) is 144 cm³/mol. The Kier molecular flexibility index (Phi) is 6.61. The number of ether oxygens (including phenoxy) is 2. The van der Waals surface area contributed by atoms with Crippen LogP contribution in [0.4, 0.5) is 18.3 Å². The highest BCUT2D eigenvalue weighted by molar-refractivity contribution is 7.22. The summed E-state index contributed by atoms with van der Waals surface area (Å²) in [5, 5.41) is 14.2. The number of piperidine rings is 1. The molecule has 0 amide bonds. The lowest BCUT2D eigenvalue weighted by Gasteiger charge is -2.38. The molecule has 2 bridgehead atoms. The van der Waals surface area contributed by atoms with Gasteiger partial charge in [0.05, 0.1) is 23.0 Å². The second-order valence-electron chi connectivity index (χ2n) is 10.8. The van der Waals surface area contributed by atoms with Crippen molar-refractivity contribution in [1.29, 1.82) is 0 Å². The Morgan fingerprint density at radius 2 is 1.90 bits per heavy atom. The Hall–Kier alpha value is -3.64. The van der Waals surface area contributed by atoms with Crippen molar-refractivity contribution in [2.75, 3.05) is 4.90 Å². The van der Waals surface area contributed by atoms with Crippen molar-refractivity contribution in [3.05, 3.63) is 59.1 Å². The van der Waals surface area contributed by atoms with Gasteiger partial charge in [0.15, 0.2) is 10.9 Å². The van der Waals surface area contributed by atoms with E-state index in [0.29, 0.717) is 21.1 Å². The summed E-state index contributed by atoms with van der Waals surface area (Å²) in [6.45, 7) is -2.72. The van der Waals surface area contributed by atoms with Crippen LogP contribution >= 0.6 is 11.3 Å². The summed E-state index contributed by atoms with van der Waals surface area (Å²) in [5.41, 5.74) is 1.76. The summed E-state index contributed by atoms with van der Waals surface area (Å²) in [4.78, 5) is 18.2. The molecule has 2 saturated heterocycles. The third kappa shape index (κ3) is 4.93. The van der Waals surface area contributed by atoms with E-state index in [4.69, 9.17) is 14.0 Å². The van der Waals surface area contributed by atoms with E-state index in [0.717, 1.165) is 55.9 Å². The molecule has 3 atom stereocenters. The molecule has 0 radical (unpaired) electrons. The number of carboxylic acids is 1. The minimum absolute atomic E-state index is 0.0356. The number of rotatable bonds is 9. The highest BCUT2D eigenvalue weighted by Crippen LogP contribution is 2.47. The van der Waals surface area contributed by atoms with E-state index in [1.807, 2.05) is 0 Å². The molecule has 1 N–H and O–H groups in total. The van der Waals surface area contributed by atoms with Crippen molar-refractivity contribution in [2.24, 2.45) is 0 Å². The zero-order valence-corrected chi connectivity index (χ0v) is 22.6. The van der Waals surface area contributed by atoms with Crippen molar-refractivity contribution in [3.63, 3.8) is 0 Å². The van der Waals surface area contributed by atoms with E-state index in [-0.39, 0.29) is 47.5 Å². The Morgan fingerprint density at radius 1 is 1.15 bits per heavy atom. The smallest absolute Gasteiger partial charge is 0.387 e. The van der Waals surface area contributed by atoms with Gasteiger partial charge < -0.3 is 24.0 Å². The number of benzene rings is 2. The number of carboxylic acid groups (broad SMARTS) is 1. The first-order valence-corrected chi connectivity index (χ1v) is 14.4. The molecule has 41 heavy (non-hydrogen) atoms. The van der Waals surface area contributed by atoms with Crippen molar-refractivity contribution in [2.45, 2.75) is 75.8 Å². The van der Waals surface area contributed by atoms with E-state index >= 15 is 0 Å². The number of fused-ring (bicyclic) bond motifs is 3. The van der Waals surface area contributed by atoms with Gasteiger partial charge in [-0.1, -0.05) is 28.6 Å². The summed E-state index contributed by atoms with van der Waals surface area (Å²) in [6, 6.07) is 9.35. The molecular formula is C29H26F3N3O5S. The van der Waals surface area contributed by atoms with Gasteiger partial charge in [0.1, 0.15) is 22.7 Å². The van der Waals surface area contributed by atoms with E-state index < -0.39 is 18.4 Å². The van der Waals surface area contributed by atoms with Gasteiger partial charge in [-0.3, -0.25) is 0 Å². The molecule has 12 heteroatoms. The van der Waals surface area contributed by atoms with Crippen LogP contribution in [-0.2, 0) is 11.3 Å². The van der Waals surface area contributed by atoms with Gasteiger partial charge >= 0.3 is 12.6 Å². The number of hydrogen-bond acceptors (Lipinski definition) is 8. The van der Waals surface area contributed by atoms with Crippen molar-refractivity contribution < 1.29 is 37.1 Å². The van der Waals surface area contributed by atoms with Gasteiger partial charge in [-0.05, 0) is 62.8 Å². The quantitative estimate of drug-likeness (QED) is 0.225. The molecule has 4 aromatic rings. The van der Waals surface area contributed by atoms with Crippen molar-refractivity contribution in [3.8, 4) is 17.0 Å². The molecular weight excluding hydrogens is 559 g/mol. The maximum Gasteiger partial charge on any atom is 0.387 e. The summed E-state index contributed by atoms with van der Waals surface area (Å²) < 4.78 is 58.2. The third-order valence-corrected chi connectivity index (χ3v) is 9.20. The van der Waals surface area contributed by atoms with Crippen LogP contribution in [0, 0.1) is 5.82 Å². The lowest BCUT2D eigenvalue weighted by atomic mass is 10.00. The first kappa shape index (κ1) is 26.3. The van der Waals surface area contributed by atoms with Gasteiger partial charge in [-0.2, -0.15) is 8.78 Å². The van der Waals surface area contributed by atoms with Gasteiger partial charge in [0.2, 0.25) is 0 Å². The molecule has 3 fully saturated rings. The van der Waals surface area contributed by atoms with E-state index in [9.17, 15) is 23.1 Å². The van der Waals surface area contributed by atoms with Crippen molar-refractivity contribution >= 4 is 32.7 Å². The zero-order valence-electron chi connectivity index (χ0n) is 21.8. The Bertz CT molecular complexity index is 1610. The second kappa shape index (κ2) is 10.3. The Labute approximate surface area is 236 Å². The van der Waals surface area contributed by atoms with E-state index in [2.05, 4.69) is 15.0 Å². The molecule has 3 aliphatic rings. The lowest BCUT2D eigenvalue weighted by molar-refractivity contribution is -0.0494. The zero-order chi connectivity index (χ0) is 28.2. The van der Waals surface area contributed by atoms with E-state index in [1.165, 1.54) is 23.5 Å². The molecule has 2 aromatic heterocycles. The largest absolute Gasteiger partial charge is 0.478 e. The predicted octanol–water partition coefficient (Wildman–Crippen LogP) is 6.98. The van der Waals surface area contributed by atoms with Gasteiger partial charge in [0, 0.05) is 29.1 Å². The van der Waals surface area contributed by atoms with Crippen LogP contribution in [0.3, 0.4) is 0 Å².